The molecule has 6 heteroatoms. The van der Waals surface area contributed by atoms with Crippen molar-refractivity contribution < 1.29 is 4.74 Å². The van der Waals surface area contributed by atoms with Crippen molar-refractivity contribution >= 4 is 28.1 Å². The summed E-state index contributed by atoms with van der Waals surface area (Å²) < 4.78 is 5.64. The Hall–Kier alpha value is -2.53. The van der Waals surface area contributed by atoms with Crippen LogP contribution in [-0.2, 0) is 0 Å². The number of benzene rings is 2. The van der Waals surface area contributed by atoms with Gasteiger partial charge in [0.05, 0.1) is 6.33 Å². The molecule has 3 N–H and O–H groups in total. The number of hydrogen-bond acceptors (Lipinski definition) is 4. The van der Waals surface area contributed by atoms with Crippen molar-refractivity contribution in [3.8, 4) is 11.6 Å². The molecular formula is C14H10ClN3O2. The van der Waals surface area contributed by atoms with Gasteiger partial charge in [-0.2, -0.15) is 0 Å². The molecule has 0 spiro atoms. The molecule has 1 aromatic heterocycles. The average Bonchev–Trinajstić information content (AvgIpc) is 2.47. The van der Waals surface area contributed by atoms with E-state index in [1.165, 1.54) is 6.33 Å². The van der Waals surface area contributed by atoms with E-state index < -0.39 is 5.56 Å². The Labute approximate surface area is 119 Å². The second kappa shape index (κ2) is 4.86. The molecular weight excluding hydrogens is 278 g/mol. The van der Waals surface area contributed by atoms with E-state index in [1.807, 2.05) is 24.3 Å². The first-order valence-corrected chi connectivity index (χ1v) is 6.23. The van der Waals surface area contributed by atoms with Crippen molar-refractivity contribution in [2.75, 3.05) is 5.73 Å². The number of H-pyrrole nitrogens is 1. The van der Waals surface area contributed by atoms with Crippen molar-refractivity contribution in [1.29, 1.82) is 0 Å². The number of fused-ring (bicyclic) bond motifs is 1. The van der Waals surface area contributed by atoms with Gasteiger partial charge in [0.15, 0.2) is 5.02 Å². The lowest BCUT2D eigenvalue weighted by molar-refractivity contribution is 0.466. The van der Waals surface area contributed by atoms with Crippen molar-refractivity contribution in [3.05, 3.63) is 58.1 Å². The first-order valence-electron chi connectivity index (χ1n) is 5.85. The zero-order valence-corrected chi connectivity index (χ0v) is 11.0. The summed E-state index contributed by atoms with van der Waals surface area (Å²) in [6.07, 6.45) is 1.24. The third kappa shape index (κ3) is 2.08. The van der Waals surface area contributed by atoms with Gasteiger partial charge in [-0.25, -0.2) is 4.98 Å². The number of rotatable bonds is 2. The van der Waals surface area contributed by atoms with Gasteiger partial charge in [0, 0.05) is 16.5 Å². The van der Waals surface area contributed by atoms with E-state index in [0.717, 1.165) is 10.8 Å². The van der Waals surface area contributed by atoms with Crippen molar-refractivity contribution in [2.45, 2.75) is 0 Å². The van der Waals surface area contributed by atoms with Crippen LogP contribution < -0.4 is 16.0 Å². The summed E-state index contributed by atoms with van der Waals surface area (Å²) >= 11 is 5.87. The fraction of sp³-hybridized carbons (Fsp3) is 0. The number of nitrogen functional groups attached to an aromatic ring is 1. The highest BCUT2D eigenvalue weighted by Crippen LogP contribution is 2.33. The fourth-order valence-electron chi connectivity index (χ4n) is 1.93. The normalized spacial score (nSPS) is 10.7. The smallest absolute Gasteiger partial charge is 0.273 e. The summed E-state index contributed by atoms with van der Waals surface area (Å²) in [5.74, 6) is 0.597. The van der Waals surface area contributed by atoms with E-state index in [1.54, 1.807) is 12.1 Å². The highest BCUT2D eigenvalue weighted by Gasteiger charge is 2.11. The number of nitrogens with two attached hydrogens (primary N) is 1. The van der Waals surface area contributed by atoms with E-state index in [4.69, 9.17) is 22.1 Å². The molecule has 5 nitrogen and oxygen atoms in total. The van der Waals surface area contributed by atoms with Gasteiger partial charge in [-0.15, -0.1) is 0 Å². The van der Waals surface area contributed by atoms with E-state index in [-0.39, 0.29) is 10.9 Å². The standard InChI is InChI=1S/C14H10ClN3O2/c15-12-13(19)17-7-18-14(12)20-11-6-5-10(16)8-3-1-2-4-9(8)11/h1-7H,16H2,(H,17,18,19). The molecule has 0 aliphatic rings. The van der Waals surface area contributed by atoms with Crippen LogP contribution in [0.15, 0.2) is 47.5 Å². The van der Waals surface area contributed by atoms with Crippen LogP contribution in [0.4, 0.5) is 5.69 Å². The van der Waals surface area contributed by atoms with E-state index in [9.17, 15) is 4.79 Å². The molecule has 0 aliphatic heterocycles. The molecule has 1 heterocycles. The van der Waals surface area contributed by atoms with Gasteiger partial charge in [-0.1, -0.05) is 35.9 Å². The van der Waals surface area contributed by atoms with Crippen molar-refractivity contribution in [1.82, 2.24) is 9.97 Å². The highest BCUT2D eigenvalue weighted by atomic mass is 35.5. The number of aromatic amines is 1. The Kier molecular flexibility index (Phi) is 3.04. The number of nitrogens with zero attached hydrogens (tertiary/aromatic N) is 1. The molecule has 100 valence electrons. The van der Waals surface area contributed by atoms with Crippen LogP contribution in [-0.4, -0.2) is 9.97 Å². The second-order valence-electron chi connectivity index (χ2n) is 4.15. The molecule has 0 bridgehead atoms. The lowest BCUT2D eigenvalue weighted by Gasteiger charge is -2.10. The second-order valence-corrected chi connectivity index (χ2v) is 4.53. The van der Waals surface area contributed by atoms with Crippen molar-refractivity contribution in [2.24, 2.45) is 0 Å². The fourth-order valence-corrected chi connectivity index (χ4v) is 2.07. The highest BCUT2D eigenvalue weighted by molar-refractivity contribution is 6.31. The molecule has 0 aliphatic carbocycles. The van der Waals surface area contributed by atoms with Crippen LogP contribution in [0.5, 0.6) is 11.6 Å². The quantitative estimate of drug-likeness (QED) is 0.710. The minimum atomic E-state index is -0.448. The number of hydrogen-bond donors (Lipinski definition) is 2. The molecule has 20 heavy (non-hydrogen) atoms. The molecule has 0 unspecified atom stereocenters. The van der Waals surface area contributed by atoms with Crippen LogP contribution >= 0.6 is 11.6 Å². The van der Waals surface area contributed by atoms with Crippen molar-refractivity contribution in [3.63, 3.8) is 0 Å². The average molecular weight is 288 g/mol. The van der Waals surface area contributed by atoms with Crippen LogP contribution in [0.2, 0.25) is 5.02 Å². The maximum absolute atomic E-state index is 11.4. The van der Waals surface area contributed by atoms with Gasteiger partial charge >= 0.3 is 0 Å². The van der Waals surface area contributed by atoms with Crippen LogP contribution in [0.1, 0.15) is 0 Å². The van der Waals surface area contributed by atoms with E-state index in [2.05, 4.69) is 9.97 Å². The molecule has 0 fully saturated rings. The summed E-state index contributed by atoms with van der Waals surface area (Å²) in [5.41, 5.74) is 6.12. The number of aromatic nitrogens is 2. The van der Waals surface area contributed by atoms with Gasteiger partial charge in [0.1, 0.15) is 5.75 Å². The van der Waals surface area contributed by atoms with E-state index in [0.29, 0.717) is 11.4 Å². The van der Waals surface area contributed by atoms with Crippen LogP contribution in [0, 0.1) is 0 Å². The lowest BCUT2D eigenvalue weighted by Crippen LogP contribution is -2.07. The number of ether oxygens (including phenoxy) is 1. The summed E-state index contributed by atoms with van der Waals surface area (Å²) in [6, 6.07) is 11.0. The Morgan fingerprint density at radius 1 is 1.15 bits per heavy atom. The molecule has 0 radical (unpaired) electrons. The molecule has 3 aromatic rings. The Morgan fingerprint density at radius 2 is 1.90 bits per heavy atom. The zero-order valence-electron chi connectivity index (χ0n) is 10.3. The zero-order chi connectivity index (χ0) is 14.1. The first-order chi connectivity index (χ1) is 9.66. The maximum atomic E-state index is 11.4. The molecule has 3 rings (SSSR count). The first kappa shape index (κ1) is 12.5. The summed E-state index contributed by atoms with van der Waals surface area (Å²) in [5, 5.41) is 1.60. The number of halogens is 1. The largest absolute Gasteiger partial charge is 0.437 e. The predicted octanol–water partition coefficient (Wildman–Crippen LogP) is 2.95. The molecule has 0 saturated heterocycles. The Bertz CT molecular complexity index is 845. The number of nitrogens with one attached hydrogen (secondary N) is 1. The molecule has 0 atom stereocenters. The summed E-state index contributed by atoms with van der Waals surface area (Å²) in [6.45, 7) is 0. The maximum Gasteiger partial charge on any atom is 0.273 e. The SMILES string of the molecule is Nc1ccc(Oc2nc[nH]c(=O)c2Cl)c2ccccc12. The van der Waals surface area contributed by atoms with Gasteiger partial charge in [-0.3, -0.25) is 4.79 Å². The third-order valence-electron chi connectivity index (χ3n) is 2.89. The summed E-state index contributed by atoms with van der Waals surface area (Å²) in [4.78, 5) is 17.7. The summed E-state index contributed by atoms with van der Waals surface area (Å²) in [7, 11) is 0. The third-order valence-corrected chi connectivity index (χ3v) is 3.22. The Morgan fingerprint density at radius 3 is 2.70 bits per heavy atom. The van der Waals surface area contributed by atoms with Gasteiger partial charge < -0.3 is 15.5 Å². The minimum absolute atomic E-state index is 0.0605. The molecule has 2 aromatic carbocycles. The van der Waals surface area contributed by atoms with Gasteiger partial charge in [0.25, 0.3) is 5.56 Å². The van der Waals surface area contributed by atoms with Gasteiger partial charge in [-0.05, 0) is 12.1 Å². The topological polar surface area (TPSA) is 81.0 Å². The Balaban J connectivity index is 2.14. The van der Waals surface area contributed by atoms with Gasteiger partial charge in [0.2, 0.25) is 5.88 Å². The van der Waals surface area contributed by atoms with Crippen LogP contribution in [0.3, 0.4) is 0 Å². The molecule has 0 amide bonds. The van der Waals surface area contributed by atoms with E-state index >= 15 is 0 Å². The molecule has 0 saturated carbocycles. The monoisotopic (exact) mass is 287 g/mol. The number of anilines is 1. The minimum Gasteiger partial charge on any atom is -0.437 e. The van der Waals surface area contributed by atoms with Crippen LogP contribution in [0.25, 0.3) is 10.8 Å². The lowest BCUT2D eigenvalue weighted by atomic mass is 10.1. The predicted molar refractivity (Wildman–Crippen MR) is 78.3 cm³/mol.